The van der Waals surface area contributed by atoms with Gasteiger partial charge in [-0.2, -0.15) is 0 Å². The Hall–Kier alpha value is -2.71. The van der Waals surface area contributed by atoms with Crippen LogP contribution in [-0.2, 0) is 0 Å². The van der Waals surface area contributed by atoms with Gasteiger partial charge in [0.1, 0.15) is 10.8 Å². The Balaban J connectivity index is 1.52. The summed E-state index contributed by atoms with van der Waals surface area (Å²) in [5.41, 5.74) is 2.55. The highest BCUT2D eigenvalue weighted by Crippen LogP contribution is 2.38. The van der Waals surface area contributed by atoms with Crippen LogP contribution in [0.25, 0.3) is 20.8 Å². The molecule has 1 aromatic heterocycles. The van der Waals surface area contributed by atoms with Crippen LogP contribution in [0.3, 0.4) is 0 Å². The first-order valence-electron chi connectivity index (χ1n) is 10.0. The quantitative estimate of drug-likeness (QED) is 0.275. The fourth-order valence-electron chi connectivity index (χ4n) is 3.11. The zero-order valence-corrected chi connectivity index (χ0v) is 20.8. The van der Waals surface area contributed by atoms with Crippen LogP contribution in [0.15, 0.2) is 60.7 Å². The van der Waals surface area contributed by atoms with E-state index in [4.69, 9.17) is 40.2 Å². The molecule has 0 saturated carbocycles. The lowest BCUT2D eigenvalue weighted by atomic mass is 10.2. The van der Waals surface area contributed by atoms with E-state index >= 15 is 0 Å². The molecular weight excluding hydrogens is 497 g/mol. The van der Waals surface area contributed by atoms with Gasteiger partial charge >= 0.3 is 0 Å². The molecule has 0 aliphatic carbocycles. The predicted octanol–water partition coefficient (Wildman–Crippen LogP) is 7.18. The molecule has 4 aromatic rings. The molecular formula is C24H19Cl2N3O2S2. The first-order chi connectivity index (χ1) is 15.8. The number of para-hydroxylation sites is 1. The fraction of sp³-hybridized carbons (Fsp3) is 0.125. The van der Waals surface area contributed by atoms with Gasteiger partial charge in [0.2, 0.25) is 0 Å². The van der Waals surface area contributed by atoms with Gasteiger partial charge in [0.25, 0.3) is 5.91 Å². The number of carbonyl (C=O) groups excluding carboxylic acids is 1. The number of rotatable bonds is 5. The van der Waals surface area contributed by atoms with E-state index in [1.165, 1.54) is 11.3 Å². The normalized spacial score (nSPS) is 10.9. The van der Waals surface area contributed by atoms with Crippen LogP contribution in [-0.4, -0.2) is 22.1 Å². The first kappa shape index (κ1) is 23.4. The molecule has 4 rings (SSSR count). The van der Waals surface area contributed by atoms with Gasteiger partial charge in [0, 0.05) is 11.1 Å². The maximum Gasteiger partial charge on any atom is 0.257 e. The van der Waals surface area contributed by atoms with Crippen molar-refractivity contribution >= 4 is 73.7 Å². The van der Waals surface area contributed by atoms with Gasteiger partial charge < -0.3 is 10.1 Å². The Bertz CT molecular complexity index is 1320. The van der Waals surface area contributed by atoms with Crippen LogP contribution in [0.1, 0.15) is 24.2 Å². The fourth-order valence-corrected chi connectivity index (χ4v) is 4.88. The van der Waals surface area contributed by atoms with Crippen molar-refractivity contribution in [3.8, 4) is 16.3 Å². The van der Waals surface area contributed by atoms with E-state index in [-0.39, 0.29) is 17.1 Å². The summed E-state index contributed by atoms with van der Waals surface area (Å²) < 4.78 is 6.70. The van der Waals surface area contributed by atoms with Gasteiger partial charge in [-0.25, -0.2) is 4.98 Å². The van der Waals surface area contributed by atoms with E-state index in [1.54, 1.807) is 36.4 Å². The van der Waals surface area contributed by atoms with Crippen molar-refractivity contribution in [2.75, 3.05) is 5.32 Å². The summed E-state index contributed by atoms with van der Waals surface area (Å²) in [5, 5.41) is 7.36. The summed E-state index contributed by atoms with van der Waals surface area (Å²) in [5.74, 6) is 0.246. The largest absolute Gasteiger partial charge is 0.491 e. The number of thiocarbonyl (C=S) groups is 1. The van der Waals surface area contributed by atoms with Gasteiger partial charge in [-0.05, 0) is 68.5 Å². The average molecular weight is 516 g/mol. The zero-order valence-electron chi connectivity index (χ0n) is 17.7. The lowest BCUT2D eigenvalue weighted by Gasteiger charge is -2.14. The van der Waals surface area contributed by atoms with E-state index in [0.717, 1.165) is 20.8 Å². The van der Waals surface area contributed by atoms with Gasteiger partial charge in [-0.15, -0.1) is 11.3 Å². The molecule has 5 nitrogen and oxygen atoms in total. The third-order valence-electron chi connectivity index (χ3n) is 4.52. The summed E-state index contributed by atoms with van der Waals surface area (Å²) in [6.07, 6.45) is 0.00252. The second-order valence-corrected chi connectivity index (χ2v) is 9.65. The van der Waals surface area contributed by atoms with Crippen molar-refractivity contribution in [2.45, 2.75) is 20.0 Å². The predicted molar refractivity (Wildman–Crippen MR) is 141 cm³/mol. The number of hydrogen-bond acceptors (Lipinski definition) is 5. The Morgan fingerprint density at radius 2 is 1.85 bits per heavy atom. The van der Waals surface area contributed by atoms with Crippen molar-refractivity contribution in [1.29, 1.82) is 0 Å². The standard InChI is InChI=1S/C24H19Cl2N3O2S2/c1-13(2)31-15-7-5-6-14(10-15)22(30)29-24(32)28-20-11-16(17(25)12-18(20)26)23-27-19-8-3-4-9-21(19)33-23/h3-13H,1-2H3,(H2,28,29,30,32). The zero-order chi connectivity index (χ0) is 23.5. The molecule has 0 saturated heterocycles. The van der Waals surface area contributed by atoms with Crippen LogP contribution in [0.5, 0.6) is 5.75 Å². The van der Waals surface area contributed by atoms with E-state index < -0.39 is 0 Å². The Kier molecular flexibility index (Phi) is 7.14. The molecule has 168 valence electrons. The number of aromatic nitrogens is 1. The highest BCUT2D eigenvalue weighted by Gasteiger charge is 2.15. The Morgan fingerprint density at radius 3 is 2.61 bits per heavy atom. The molecule has 3 aromatic carbocycles. The third kappa shape index (κ3) is 5.62. The molecule has 0 radical (unpaired) electrons. The summed E-state index contributed by atoms with van der Waals surface area (Å²) in [6, 6.07) is 18.2. The maximum absolute atomic E-state index is 12.7. The van der Waals surface area contributed by atoms with Crippen molar-refractivity contribution in [2.24, 2.45) is 0 Å². The monoisotopic (exact) mass is 515 g/mol. The minimum atomic E-state index is -0.363. The number of amides is 1. The van der Waals surface area contributed by atoms with Crippen LogP contribution < -0.4 is 15.4 Å². The Morgan fingerprint density at radius 1 is 1.06 bits per heavy atom. The topological polar surface area (TPSA) is 63.2 Å². The number of nitrogens with one attached hydrogen (secondary N) is 2. The van der Waals surface area contributed by atoms with Crippen molar-refractivity contribution < 1.29 is 9.53 Å². The van der Waals surface area contributed by atoms with Gasteiger partial charge in [-0.3, -0.25) is 10.1 Å². The van der Waals surface area contributed by atoms with Crippen LogP contribution in [0, 0.1) is 0 Å². The summed E-state index contributed by atoms with van der Waals surface area (Å²) in [7, 11) is 0. The molecule has 0 aliphatic heterocycles. The van der Waals surface area contributed by atoms with Crippen LogP contribution in [0.4, 0.5) is 5.69 Å². The molecule has 1 heterocycles. The lowest BCUT2D eigenvalue weighted by Crippen LogP contribution is -2.34. The highest BCUT2D eigenvalue weighted by molar-refractivity contribution is 7.80. The second kappa shape index (κ2) is 10.1. The van der Waals surface area contributed by atoms with Gasteiger partial charge in [0.15, 0.2) is 5.11 Å². The number of benzene rings is 3. The molecule has 1 amide bonds. The molecule has 33 heavy (non-hydrogen) atoms. The number of fused-ring (bicyclic) bond motifs is 1. The van der Waals surface area contributed by atoms with Crippen molar-refractivity contribution in [3.05, 3.63) is 76.3 Å². The van der Waals surface area contributed by atoms with E-state index in [2.05, 4.69) is 15.6 Å². The highest BCUT2D eigenvalue weighted by atomic mass is 35.5. The van der Waals surface area contributed by atoms with Crippen LogP contribution in [0.2, 0.25) is 10.0 Å². The molecule has 0 fully saturated rings. The van der Waals surface area contributed by atoms with Gasteiger partial charge in [0.05, 0.1) is 32.1 Å². The minimum Gasteiger partial charge on any atom is -0.491 e. The molecule has 0 spiro atoms. The van der Waals surface area contributed by atoms with E-state index in [1.807, 2.05) is 38.1 Å². The molecule has 0 unspecified atom stereocenters. The number of thiazole rings is 1. The molecule has 0 aliphatic rings. The van der Waals surface area contributed by atoms with Crippen molar-refractivity contribution in [1.82, 2.24) is 10.3 Å². The number of nitrogens with zero attached hydrogens (tertiary/aromatic N) is 1. The maximum atomic E-state index is 12.7. The first-order valence-corrected chi connectivity index (χ1v) is 12.0. The Labute approximate surface area is 210 Å². The number of carbonyl (C=O) groups is 1. The molecule has 2 N–H and O–H groups in total. The van der Waals surface area contributed by atoms with Gasteiger partial charge in [-0.1, -0.05) is 41.4 Å². The number of hydrogen-bond donors (Lipinski definition) is 2. The van der Waals surface area contributed by atoms with E-state index in [0.29, 0.717) is 27.0 Å². The lowest BCUT2D eigenvalue weighted by molar-refractivity contribution is 0.0977. The van der Waals surface area contributed by atoms with Crippen LogP contribution >= 0.6 is 46.8 Å². The van der Waals surface area contributed by atoms with E-state index in [9.17, 15) is 4.79 Å². The molecule has 0 bridgehead atoms. The number of anilines is 1. The average Bonchev–Trinajstić information content (AvgIpc) is 3.19. The number of halogens is 2. The smallest absolute Gasteiger partial charge is 0.257 e. The minimum absolute atomic E-state index is 0.00252. The van der Waals surface area contributed by atoms with Crippen molar-refractivity contribution in [3.63, 3.8) is 0 Å². The SMILES string of the molecule is CC(C)Oc1cccc(C(=O)NC(=S)Nc2cc(-c3nc4ccccc4s3)c(Cl)cc2Cl)c1. The summed E-state index contributed by atoms with van der Waals surface area (Å²) in [4.78, 5) is 17.3. The summed E-state index contributed by atoms with van der Waals surface area (Å²) in [6.45, 7) is 3.84. The molecule has 9 heteroatoms. The summed E-state index contributed by atoms with van der Waals surface area (Å²) >= 11 is 19.7. The number of ether oxygens (including phenoxy) is 1. The molecule has 0 atom stereocenters. The third-order valence-corrected chi connectivity index (χ3v) is 6.42. The second-order valence-electron chi connectivity index (χ2n) is 7.40.